The molecule has 0 aliphatic heterocycles. The molecule has 1 rings (SSSR count). The van der Waals surface area contributed by atoms with Gasteiger partial charge in [0, 0.05) is 23.8 Å². The molecule has 108 valence electrons. The van der Waals surface area contributed by atoms with Crippen molar-refractivity contribution in [2.24, 2.45) is 0 Å². The first-order valence-electron chi connectivity index (χ1n) is 5.70. The van der Waals surface area contributed by atoms with Gasteiger partial charge in [-0.15, -0.1) is 0 Å². The van der Waals surface area contributed by atoms with Gasteiger partial charge in [-0.3, -0.25) is 0 Å². The Bertz CT molecular complexity index is 664. The van der Waals surface area contributed by atoms with Gasteiger partial charge < -0.3 is 0 Å². The summed E-state index contributed by atoms with van der Waals surface area (Å²) in [6.45, 7) is 5.62. The molecule has 0 unspecified atom stereocenters. The minimum atomic E-state index is -3.97. The van der Waals surface area contributed by atoms with Gasteiger partial charge in [-0.25, -0.2) is 16.8 Å². The van der Waals surface area contributed by atoms with Crippen LogP contribution in [0.25, 0.3) is 0 Å². The van der Waals surface area contributed by atoms with Gasteiger partial charge in [-0.05, 0) is 24.6 Å². The van der Waals surface area contributed by atoms with Crippen LogP contribution in [0.5, 0.6) is 0 Å². The molecule has 0 bridgehead atoms. The summed E-state index contributed by atoms with van der Waals surface area (Å²) in [5, 5.41) is 0. The van der Waals surface area contributed by atoms with Gasteiger partial charge >= 0.3 is 0 Å². The van der Waals surface area contributed by atoms with E-state index in [4.69, 9.17) is 10.7 Å². The maximum Gasteiger partial charge on any atom is 0.261 e. The summed E-state index contributed by atoms with van der Waals surface area (Å²) in [4.78, 5) is -0.247. The molecule has 5 nitrogen and oxygen atoms in total. The van der Waals surface area contributed by atoms with E-state index in [9.17, 15) is 16.8 Å². The average molecular weight is 326 g/mol. The Balaban J connectivity index is 3.47. The summed E-state index contributed by atoms with van der Waals surface area (Å²) in [5.41, 5.74) is 0.411. The highest BCUT2D eigenvalue weighted by molar-refractivity contribution is 8.13. The van der Waals surface area contributed by atoms with E-state index < -0.39 is 19.1 Å². The lowest BCUT2D eigenvalue weighted by Crippen LogP contribution is -2.30. The van der Waals surface area contributed by atoms with Crippen LogP contribution in [-0.4, -0.2) is 34.2 Å². The molecule has 1 aromatic carbocycles. The summed E-state index contributed by atoms with van der Waals surface area (Å²) >= 11 is 0. The summed E-state index contributed by atoms with van der Waals surface area (Å²) in [6, 6.07) is 3.92. The van der Waals surface area contributed by atoms with Crippen molar-refractivity contribution >= 4 is 29.8 Å². The van der Waals surface area contributed by atoms with Crippen LogP contribution in [0.3, 0.4) is 0 Å². The van der Waals surface area contributed by atoms with Gasteiger partial charge in [0.25, 0.3) is 9.05 Å². The largest absolute Gasteiger partial charge is 0.261 e. The molecular formula is C11H16ClNO4S2. The predicted molar refractivity (Wildman–Crippen MR) is 74.3 cm³/mol. The summed E-state index contributed by atoms with van der Waals surface area (Å²) in [5.74, 6) is 0. The van der Waals surface area contributed by atoms with Crippen LogP contribution in [0, 0.1) is 6.92 Å². The van der Waals surface area contributed by atoms with E-state index in [2.05, 4.69) is 0 Å². The van der Waals surface area contributed by atoms with Crippen LogP contribution < -0.4 is 0 Å². The molecule has 0 heterocycles. The fourth-order valence-electron chi connectivity index (χ4n) is 1.72. The Kier molecular flexibility index (Phi) is 5.00. The van der Waals surface area contributed by atoms with Gasteiger partial charge in [0.2, 0.25) is 10.0 Å². The molecule has 0 spiro atoms. The van der Waals surface area contributed by atoms with Crippen molar-refractivity contribution in [3.63, 3.8) is 0 Å². The second-order valence-corrected chi connectivity index (χ2v) is 8.43. The Morgan fingerprint density at radius 3 is 2.05 bits per heavy atom. The van der Waals surface area contributed by atoms with E-state index in [0.29, 0.717) is 18.7 Å². The SMILES string of the molecule is CCN(CC)S(=O)(=O)c1ccc(C)c(S(=O)(=O)Cl)c1. The molecule has 0 atom stereocenters. The standard InChI is InChI=1S/C11H16ClNO4S2/c1-4-13(5-2)19(16,17)10-7-6-9(3)11(8-10)18(12,14)15/h6-8H,4-5H2,1-3H3. The van der Waals surface area contributed by atoms with Gasteiger partial charge in [-0.1, -0.05) is 19.9 Å². The maximum atomic E-state index is 12.3. The van der Waals surface area contributed by atoms with Crippen LogP contribution in [-0.2, 0) is 19.1 Å². The molecule has 0 fully saturated rings. The van der Waals surface area contributed by atoms with Crippen LogP contribution in [0.15, 0.2) is 28.0 Å². The topological polar surface area (TPSA) is 71.5 Å². The second kappa shape index (κ2) is 5.78. The van der Waals surface area contributed by atoms with E-state index >= 15 is 0 Å². The maximum absolute atomic E-state index is 12.3. The van der Waals surface area contributed by atoms with Crippen molar-refractivity contribution in [2.75, 3.05) is 13.1 Å². The first-order valence-corrected chi connectivity index (χ1v) is 9.45. The molecule has 0 aromatic heterocycles. The number of halogens is 1. The number of aryl methyl sites for hydroxylation is 1. The summed E-state index contributed by atoms with van der Waals surface area (Å²) < 4.78 is 48.6. The third kappa shape index (κ3) is 3.47. The van der Waals surface area contributed by atoms with Crippen molar-refractivity contribution in [1.82, 2.24) is 4.31 Å². The smallest absolute Gasteiger partial charge is 0.207 e. The Labute approximate surface area is 118 Å². The van der Waals surface area contributed by atoms with E-state index in [-0.39, 0.29) is 9.79 Å². The molecule has 0 amide bonds. The quantitative estimate of drug-likeness (QED) is 0.776. The lowest BCUT2D eigenvalue weighted by molar-refractivity contribution is 0.445. The van der Waals surface area contributed by atoms with Crippen LogP contribution in [0.4, 0.5) is 0 Å². The van der Waals surface area contributed by atoms with Crippen molar-refractivity contribution in [2.45, 2.75) is 30.6 Å². The molecule has 0 aliphatic carbocycles. The molecule has 1 aromatic rings. The predicted octanol–water partition coefficient (Wildman–Crippen LogP) is 1.95. The van der Waals surface area contributed by atoms with E-state index in [1.54, 1.807) is 20.8 Å². The molecule has 8 heteroatoms. The highest BCUT2D eigenvalue weighted by Crippen LogP contribution is 2.24. The van der Waals surface area contributed by atoms with E-state index in [1.165, 1.54) is 16.4 Å². The Morgan fingerprint density at radius 1 is 1.11 bits per heavy atom. The fraction of sp³-hybridized carbons (Fsp3) is 0.455. The van der Waals surface area contributed by atoms with Crippen molar-refractivity contribution in [3.05, 3.63) is 23.8 Å². The Morgan fingerprint density at radius 2 is 1.63 bits per heavy atom. The number of hydrogen-bond donors (Lipinski definition) is 0. The van der Waals surface area contributed by atoms with Gasteiger partial charge in [0.1, 0.15) is 0 Å². The average Bonchev–Trinajstić information content (AvgIpc) is 2.28. The van der Waals surface area contributed by atoms with Crippen LogP contribution >= 0.6 is 10.7 Å². The first kappa shape index (κ1) is 16.4. The third-order valence-corrected chi connectivity index (χ3v) is 6.28. The van der Waals surface area contributed by atoms with E-state index in [1.807, 2.05) is 0 Å². The highest BCUT2D eigenvalue weighted by atomic mass is 35.7. The molecule has 0 saturated carbocycles. The zero-order valence-electron chi connectivity index (χ0n) is 10.9. The monoisotopic (exact) mass is 325 g/mol. The van der Waals surface area contributed by atoms with Gasteiger partial charge in [0.05, 0.1) is 9.79 Å². The number of sulfonamides is 1. The minimum absolute atomic E-state index is 0.0685. The molecule has 0 N–H and O–H groups in total. The second-order valence-electron chi connectivity index (χ2n) is 3.95. The number of benzene rings is 1. The van der Waals surface area contributed by atoms with Crippen LogP contribution in [0.1, 0.15) is 19.4 Å². The molecule has 0 aliphatic rings. The summed E-state index contributed by atoms with van der Waals surface area (Å²) in [7, 11) is -2.36. The first-order chi connectivity index (χ1) is 8.64. The molecule has 0 radical (unpaired) electrons. The zero-order chi connectivity index (χ0) is 14.8. The van der Waals surface area contributed by atoms with Crippen molar-refractivity contribution in [3.8, 4) is 0 Å². The summed E-state index contributed by atoms with van der Waals surface area (Å²) in [6.07, 6.45) is 0. The zero-order valence-corrected chi connectivity index (χ0v) is 13.3. The van der Waals surface area contributed by atoms with E-state index in [0.717, 1.165) is 6.07 Å². The molecule has 19 heavy (non-hydrogen) atoms. The van der Waals surface area contributed by atoms with Crippen LogP contribution in [0.2, 0.25) is 0 Å². The lowest BCUT2D eigenvalue weighted by Gasteiger charge is -2.19. The third-order valence-electron chi connectivity index (χ3n) is 2.77. The highest BCUT2D eigenvalue weighted by Gasteiger charge is 2.24. The molecular weight excluding hydrogens is 310 g/mol. The number of hydrogen-bond acceptors (Lipinski definition) is 4. The molecule has 0 saturated heterocycles. The fourth-order valence-corrected chi connectivity index (χ4v) is 4.49. The van der Waals surface area contributed by atoms with Crippen molar-refractivity contribution < 1.29 is 16.8 Å². The minimum Gasteiger partial charge on any atom is -0.207 e. The van der Waals surface area contributed by atoms with Gasteiger partial charge in [0.15, 0.2) is 0 Å². The van der Waals surface area contributed by atoms with Gasteiger partial charge in [-0.2, -0.15) is 4.31 Å². The number of rotatable bonds is 5. The Hall–Kier alpha value is -0.630. The lowest BCUT2D eigenvalue weighted by atomic mass is 10.2. The van der Waals surface area contributed by atoms with Crippen molar-refractivity contribution in [1.29, 1.82) is 0 Å². The number of nitrogens with zero attached hydrogens (tertiary/aromatic N) is 1. The normalized spacial score (nSPS) is 12.9.